The lowest BCUT2D eigenvalue weighted by Crippen LogP contribution is -2.13. The molecule has 5 heteroatoms. The van der Waals surface area contributed by atoms with Crippen LogP contribution < -0.4 is 5.73 Å². The monoisotopic (exact) mass is 245 g/mol. The number of carbonyl (C=O) groups is 1. The molecule has 0 spiro atoms. The average Bonchev–Trinajstić information content (AvgIpc) is 2.77. The van der Waals surface area contributed by atoms with E-state index in [2.05, 4.69) is 24.0 Å². The molecule has 0 unspecified atom stereocenters. The highest BCUT2D eigenvalue weighted by Gasteiger charge is 2.11. The van der Waals surface area contributed by atoms with Crippen molar-refractivity contribution in [2.75, 3.05) is 0 Å². The van der Waals surface area contributed by atoms with Crippen LogP contribution in [0, 0.1) is 5.92 Å². The van der Waals surface area contributed by atoms with E-state index in [1.54, 1.807) is 18.2 Å². The third-order valence-corrected chi connectivity index (χ3v) is 2.43. The van der Waals surface area contributed by atoms with Gasteiger partial charge in [0.25, 0.3) is 5.91 Å². The second-order valence-corrected chi connectivity index (χ2v) is 4.55. The van der Waals surface area contributed by atoms with Crippen LogP contribution in [0.3, 0.4) is 0 Å². The highest BCUT2D eigenvalue weighted by molar-refractivity contribution is 5.91. The summed E-state index contributed by atoms with van der Waals surface area (Å²) in [7, 11) is 0. The minimum absolute atomic E-state index is 0.223. The quantitative estimate of drug-likeness (QED) is 0.893. The lowest BCUT2D eigenvalue weighted by atomic mass is 10.1. The van der Waals surface area contributed by atoms with Crippen molar-refractivity contribution in [3.8, 4) is 11.4 Å². The highest BCUT2D eigenvalue weighted by Crippen LogP contribution is 2.19. The largest absolute Gasteiger partial charge is 0.364 e. The van der Waals surface area contributed by atoms with Gasteiger partial charge in [-0.05, 0) is 18.1 Å². The first-order chi connectivity index (χ1) is 8.56. The fourth-order valence-corrected chi connectivity index (χ4v) is 1.65. The van der Waals surface area contributed by atoms with Crippen LogP contribution >= 0.6 is 0 Å². The third kappa shape index (κ3) is 2.74. The zero-order chi connectivity index (χ0) is 13.1. The number of nitrogens with two attached hydrogens (primary N) is 1. The maximum atomic E-state index is 11.1. The zero-order valence-electron chi connectivity index (χ0n) is 10.4. The molecule has 0 aliphatic heterocycles. The Morgan fingerprint density at radius 1 is 1.39 bits per heavy atom. The summed E-state index contributed by atoms with van der Waals surface area (Å²) in [5.41, 5.74) is 6.62. The molecule has 2 rings (SSSR count). The molecule has 0 radical (unpaired) electrons. The maximum Gasteiger partial charge on any atom is 0.267 e. The van der Waals surface area contributed by atoms with Crippen LogP contribution in [0.15, 0.2) is 28.8 Å². The normalized spacial score (nSPS) is 10.8. The number of nitrogens with zero attached hydrogens (tertiary/aromatic N) is 2. The average molecular weight is 245 g/mol. The predicted octanol–water partition coefficient (Wildman–Crippen LogP) is 2.03. The van der Waals surface area contributed by atoms with Crippen molar-refractivity contribution < 1.29 is 9.32 Å². The molecule has 0 aliphatic rings. The predicted molar refractivity (Wildman–Crippen MR) is 66.8 cm³/mol. The van der Waals surface area contributed by atoms with Crippen molar-refractivity contribution in [1.82, 2.24) is 10.1 Å². The second kappa shape index (κ2) is 5.00. The van der Waals surface area contributed by atoms with E-state index in [1.165, 1.54) is 0 Å². The Bertz CT molecular complexity index is 561. The minimum Gasteiger partial charge on any atom is -0.364 e. The second-order valence-electron chi connectivity index (χ2n) is 4.55. The van der Waals surface area contributed by atoms with Crippen molar-refractivity contribution in [2.45, 2.75) is 20.3 Å². The van der Waals surface area contributed by atoms with Gasteiger partial charge in [-0.3, -0.25) is 4.79 Å². The number of primary amides is 1. The van der Waals surface area contributed by atoms with E-state index in [0.717, 1.165) is 12.2 Å². The van der Waals surface area contributed by atoms with Gasteiger partial charge in [-0.1, -0.05) is 25.1 Å². The van der Waals surface area contributed by atoms with Crippen molar-refractivity contribution in [1.29, 1.82) is 0 Å². The summed E-state index contributed by atoms with van der Waals surface area (Å²) in [6.45, 7) is 4.21. The zero-order valence-corrected chi connectivity index (χ0v) is 10.4. The van der Waals surface area contributed by atoms with E-state index in [9.17, 15) is 4.79 Å². The van der Waals surface area contributed by atoms with E-state index < -0.39 is 5.91 Å². The van der Waals surface area contributed by atoms with Crippen LogP contribution in [0.2, 0.25) is 0 Å². The fraction of sp³-hybridized carbons (Fsp3) is 0.308. The van der Waals surface area contributed by atoms with Crippen LogP contribution in [0.5, 0.6) is 0 Å². The van der Waals surface area contributed by atoms with E-state index in [-0.39, 0.29) is 5.69 Å². The van der Waals surface area contributed by atoms with Gasteiger partial charge < -0.3 is 10.3 Å². The minimum atomic E-state index is -0.553. The molecule has 0 atom stereocenters. The van der Waals surface area contributed by atoms with Crippen LogP contribution in [-0.2, 0) is 6.42 Å². The summed E-state index contributed by atoms with van der Waals surface area (Å²) in [4.78, 5) is 15.2. The summed E-state index contributed by atoms with van der Waals surface area (Å²) in [5.74, 6) is 0.754. The SMILES string of the molecule is CC(C)Cc1cc(-c2cccc(C(N)=O)n2)no1. The first kappa shape index (κ1) is 12.3. The smallest absolute Gasteiger partial charge is 0.267 e. The molecule has 2 aromatic heterocycles. The molecule has 2 heterocycles. The molecule has 0 fully saturated rings. The Balaban J connectivity index is 2.28. The summed E-state index contributed by atoms with van der Waals surface area (Å²) < 4.78 is 5.22. The molecule has 5 nitrogen and oxygen atoms in total. The summed E-state index contributed by atoms with van der Waals surface area (Å²) in [5, 5.41) is 3.95. The van der Waals surface area contributed by atoms with Crippen LogP contribution in [0.25, 0.3) is 11.4 Å². The number of pyridine rings is 1. The third-order valence-electron chi connectivity index (χ3n) is 2.43. The number of rotatable bonds is 4. The van der Waals surface area contributed by atoms with Crippen LogP contribution in [-0.4, -0.2) is 16.0 Å². The molecule has 2 N–H and O–H groups in total. The Labute approximate surface area is 105 Å². The highest BCUT2D eigenvalue weighted by atomic mass is 16.5. The molecule has 94 valence electrons. The Kier molecular flexibility index (Phi) is 3.41. The van der Waals surface area contributed by atoms with E-state index in [0.29, 0.717) is 17.3 Å². The summed E-state index contributed by atoms with van der Waals surface area (Å²) in [6.07, 6.45) is 0.822. The van der Waals surface area contributed by atoms with E-state index in [1.807, 2.05) is 6.07 Å². The molecule has 0 saturated carbocycles. The van der Waals surface area contributed by atoms with Crippen molar-refractivity contribution >= 4 is 5.91 Å². The van der Waals surface area contributed by atoms with Crippen molar-refractivity contribution in [3.05, 3.63) is 35.7 Å². The number of hydrogen-bond donors (Lipinski definition) is 1. The molecule has 18 heavy (non-hydrogen) atoms. The Morgan fingerprint density at radius 3 is 2.83 bits per heavy atom. The van der Waals surface area contributed by atoms with Crippen LogP contribution in [0.4, 0.5) is 0 Å². The molecule has 0 saturated heterocycles. The van der Waals surface area contributed by atoms with Crippen LogP contribution in [0.1, 0.15) is 30.1 Å². The molecule has 0 bridgehead atoms. The molecule has 0 aliphatic carbocycles. The number of aromatic nitrogens is 2. The Morgan fingerprint density at radius 2 is 2.17 bits per heavy atom. The Hall–Kier alpha value is -2.17. The number of amides is 1. The maximum absolute atomic E-state index is 11.1. The van der Waals surface area contributed by atoms with Gasteiger partial charge in [-0.2, -0.15) is 0 Å². The van der Waals surface area contributed by atoms with Gasteiger partial charge in [0.05, 0.1) is 5.69 Å². The summed E-state index contributed by atoms with van der Waals surface area (Å²) in [6, 6.07) is 6.90. The van der Waals surface area contributed by atoms with Gasteiger partial charge in [-0.25, -0.2) is 4.98 Å². The van der Waals surface area contributed by atoms with Crippen molar-refractivity contribution in [3.63, 3.8) is 0 Å². The fourth-order valence-electron chi connectivity index (χ4n) is 1.65. The topological polar surface area (TPSA) is 82.0 Å². The van der Waals surface area contributed by atoms with Gasteiger partial charge in [0, 0.05) is 12.5 Å². The van der Waals surface area contributed by atoms with Gasteiger partial charge in [0.2, 0.25) is 0 Å². The van der Waals surface area contributed by atoms with Gasteiger partial charge in [-0.15, -0.1) is 0 Å². The number of carbonyl (C=O) groups excluding carboxylic acids is 1. The first-order valence-electron chi connectivity index (χ1n) is 5.79. The lowest BCUT2D eigenvalue weighted by molar-refractivity contribution is 0.0995. The van der Waals surface area contributed by atoms with E-state index in [4.69, 9.17) is 10.3 Å². The molecular formula is C13H15N3O2. The van der Waals surface area contributed by atoms with E-state index >= 15 is 0 Å². The molecular weight excluding hydrogens is 230 g/mol. The lowest BCUT2D eigenvalue weighted by Gasteiger charge is -1.98. The molecule has 0 aromatic carbocycles. The molecule has 1 amide bonds. The first-order valence-corrected chi connectivity index (χ1v) is 5.79. The van der Waals surface area contributed by atoms with Crippen molar-refractivity contribution in [2.24, 2.45) is 11.7 Å². The standard InChI is InChI=1S/C13H15N3O2/c1-8(2)6-9-7-12(16-18-9)10-4-3-5-11(15-10)13(14)17/h3-5,7-8H,6H2,1-2H3,(H2,14,17). The number of hydrogen-bond acceptors (Lipinski definition) is 4. The van der Waals surface area contributed by atoms with Gasteiger partial charge in [0.1, 0.15) is 17.1 Å². The van der Waals surface area contributed by atoms with Gasteiger partial charge in [0.15, 0.2) is 0 Å². The summed E-state index contributed by atoms with van der Waals surface area (Å²) >= 11 is 0. The van der Waals surface area contributed by atoms with Gasteiger partial charge >= 0.3 is 0 Å². The molecule has 2 aromatic rings.